The Kier molecular flexibility index (Phi) is 3.02. The lowest BCUT2D eigenvalue weighted by atomic mass is 9.99. The van der Waals surface area contributed by atoms with E-state index in [1.54, 1.807) is 24.3 Å². The molecular formula is C12H9ClF3N. The van der Waals surface area contributed by atoms with Crippen molar-refractivity contribution in [2.45, 2.75) is 12.2 Å². The fraction of sp³-hybridized carbons (Fsp3) is 0.167. The number of rotatable bonds is 1. The van der Waals surface area contributed by atoms with E-state index in [4.69, 9.17) is 17.3 Å². The molecular weight excluding hydrogens is 251 g/mol. The molecule has 0 radical (unpaired) electrons. The van der Waals surface area contributed by atoms with Crippen LogP contribution in [0.5, 0.6) is 0 Å². The van der Waals surface area contributed by atoms with Crippen LogP contribution >= 0.6 is 11.6 Å². The normalized spacial score (nSPS) is 13.9. The van der Waals surface area contributed by atoms with Gasteiger partial charge in [-0.25, -0.2) is 0 Å². The molecule has 0 aromatic heterocycles. The van der Waals surface area contributed by atoms with E-state index in [9.17, 15) is 13.2 Å². The summed E-state index contributed by atoms with van der Waals surface area (Å²) in [5, 5.41) is 1.43. The van der Waals surface area contributed by atoms with E-state index in [0.717, 1.165) is 0 Å². The molecule has 0 saturated carbocycles. The summed E-state index contributed by atoms with van der Waals surface area (Å²) in [6.45, 7) is 0. The number of benzene rings is 2. The van der Waals surface area contributed by atoms with Gasteiger partial charge in [0.25, 0.3) is 0 Å². The van der Waals surface area contributed by atoms with Gasteiger partial charge in [0.15, 0.2) is 0 Å². The molecule has 0 aliphatic carbocycles. The Morgan fingerprint density at radius 2 is 1.59 bits per heavy atom. The lowest BCUT2D eigenvalue weighted by Crippen LogP contribution is -2.28. The third kappa shape index (κ3) is 2.23. The Morgan fingerprint density at radius 1 is 1.00 bits per heavy atom. The minimum atomic E-state index is -4.46. The summed E-state index contributed by atoms with van der Waals surface area (Å²) < 4.78 is 37.8. The largest absolute Gasteiger partial charge is 0.407 e. The molecule has 1 atom stereocenters. The van der Waals surface area contributed by atoms with Crippen LogP contribution in [0, 0.1) is 0 Å². The molecule has 90 valence electrons. The van der Waals surface area contributed by atoms with Crippen LogP contribution in [0.3, 0.4) is 0 Å². The van der Waals surface area contributed by atoms with Crippen molar-refractivity contribution in [2.75, 3.05) is 0 Å². The molecule has 0 aliphatic rings. The van der Waals surface area contributed by atoms with E-state index in [2.05, 4.69) is 0 Å². The highest BCUT2D eigenvalue weighted by Crippen LogP contribution is 2.35. The smallest absolute Gasteiger partial charge is 0.316 e. The zero-order valence-corrected chi connectivity index (χ0v) is 9.39. The van der Waals surface area contributed by atoms with Crippen LogP contribution in [0.4, 0.5) is 13.2 Å². The molecule has 2 N–H and O–H groups in total. The van der Waals surface area contributed by atoms with Gasteiger partial charge < -0.3 is 5.73 Å². The lowest BCUT2D eigenvalue weighted by molar-refractivity contribution is -0.148. The fourth-order valence-corrected chi connectivity index (χ4v) is 1.98. The molecule has 0 unspecified atom stereocenters. The Morgan fingerprint density at radius 3 is 2.24 bits per heavy atom. The van der Waals surface area contributed by atoms with E-state index in [-0.39, 0.29) is 5.56 Å². The molecule has 0 spiro atoms. The van der Waals surface area contributed by atoms with Gasteiger partial charge in [-0.15, -0.1) is 0 Å². The molecule has 2 aromatic rings. The number of hydrogen-bond acceptors (Lipinski definition) is 1. The average Bonchev–Trinajstić information content (AvgIpc) is 2.27. The number of fused-ring (bicyclic) bond motifs is 1. The van der Waals surface area contributed by atoms with E-state index in [0.29, 0.717) is 15.8 Å². The quantitative estimate of drug-likeness (QED) is 0.821. The third-order valence-electron chi connectivity index (χ3n) is 2.59. The van der Waals surface area contributed by atoms with E-state index in [1.807, 2.05) is 0 Å². The maximum Gasteiger partial charge on any atom is 0.407 e. The summed E-state index contributed by atoms with van der Waals surface area (Å²) in [5.74, 6) is 0. The van der Waals surface area contributed by atoms with Gasteiger partial charge in [0, 0.05) is 10.4 Å². The Balaban J connectivity index is 2.67. The van der Waals surface area contributed by atoms with Gasteiger partial charge in [-0.05, 0) is 17.0 Å². The SMILES string of the molecule is N[C@@H](c1cccc2c(Cl)cccc12)C(F)(F)F. The van der Waals surface area contributed by atoms with Gasteiger partial charge in [0.05, 0.1) is 0 Å². The van der Waals surface area contributed by atoms with Crippen LogP contribution in [0.25, 0.3) is 10.8 Å². The number of hydrogen-bond donors (Lipinski definition) is 1. The lowest BCUT2D eigenvalue weighted by Gasteiger charge is -2.18. The fourth-order valence-electron chi connectivity index (χ4n) is 1.74. The van der Waals surface area contributed by atoms with Gasteiger partial charge in [0.2, 0.25) is 0 Å². The standard InChI is InChI=1S/C12H9ClF3N/c13-10-6-2-3-7-8(10)4-1-5-9(7)11(17)12(14,15)16/h1-6,11H,17H2/t11-/m0/s1. The van der Waals surface area contributed by atoms with E-state index in [1.165, 1.54) is 12.1 Å². The van der Waals surface area contributed by atoms with Crippen LogP contribution in [0.15, 0.2) is 36.4 Å². The molecule has 2 aromatic carbocycles. The topological polar surface area (TPSA) is 26.0 Å². The average molecular weight is 260 g/mol. The van der Waals surface area contributed by atoms with Gasteiger partial charge in [0.1, 0.15) is 6.04 Å². The molecule has 5 heteroatoms. The molecule has 0 saturated heterocycles. The first-order valence-electron chi connectivity index (χ1n) is 4.90. The second kappa shape index (κ2) is 4.20. The molecule has 1 nitrogen and oxygen atoms in total. The first-order valence-corrected chi connectivity index (χ1v) is 5.28. The van der Waals surface area contributed by atoms with Crippen molar-refractivity contribution in [2.24, 2.45) is 5.73 Å². The summed E-state index contributed by atoms with van der Waals surface area (Å²) >= 11 is 5.93. The van der Waals surface area contributed by atoms with Crippen molar-refractivity contribution in [1.29, 1.82) is 0 Å². The van der Waals surface area contributed by atoms with E-state index >= 15 is 0 Å². The molecule has 0 aliphatic heterocycles. The number of nitrogens with two attached hydrogens (primary N) is 1. The van der Waals surface area contributed by atoms with Crippen molar-refractivity contribution in [1.82, 2.24) is 0 Å². The minimum absolute atomic E-state index is 0.0394. The summed E-state index contributed by atoms with van der Waals surface area (Å²) in [7, 11) is 0. The molecule has 2 rings (SSSR count). The van der Waals surface area contributed by atoms with Crippen LogP contribution < -0.4 is 5.73 Å². The number of halogens is 4. The van der Waals surface area contributed by atoms with Crippen molar-refractivity contribution in [3.63, 3.8) is 0 Å². The van der Waals surface area contributed by atoms with Crippen molar-refractivity contribution >= 4 is 22.4 Å². The molecule has 17 heavy (non-hydrogen) atoms. The zero-order valence-electron chi connectivity index (χ0n) is 8.63. The van der Waals surface area contributed by atoms with Crippen molar-refractivity contribution < 1.29 is 13.2 Å². The maximum absolute atomic E-state index is 12.6. The second-order valence-electron chi connectivity index (χ2n) is 3.70. The monoisotopic (exact) mass is 259 g/mol. The summed E-state index contributed by atoms with van der Waals surface area (Å²) in [6.07, 6.45) is -4.46. The molecule has 0 heterocycles. The van der Waals surface area contributed by atoms with Crippen molar-refractivity contribution in [3.05, 3.63) is 47.0 Å². The first-order chi connectivity index (χ1) is 7.91. The Labute approximate surface area is 101 Å². The summed E-state index contributed by atoms with van der Waals surface area (Å²) in [6, 6.07) is 7.40. The van der Waals surface area contributed by atoms with Gasteiger partial charge >= 0.3 is 6.18 Å². The van der Waals surface area contributed by atoms with Crippen molar-refractivity contribution in [3.8, 4) is 0 Å². The Bertz CT molecular complexity index is 551. The highest BCUT2D eigenvalue weighted by molar-refractivity contribution is 6.35. The molecule has 0 amide bonds. The van der Waals surface area contributed by atoms with Gasteiger partial charge in [-0.2, -0.15) is 13.2 Å². The van der Waals surface area contributed by atoms with Crippen LogP contribution in [0.2, 0.25) is 5.02 Å². The second-order valence-corrected chi connectivity index (χ2v) is 4.11. The van der Waals surface area contributed by atoms with Crippen LogP contribution in [-0.2, 0) is 0 Å². The van der Waals surface area contributed by atoms with Gasteiger partial charge in [-0.1, -0.05) is 41.9 Å². The van der Waals surface area contributed by atoms with Crippen LogP contribution in [-0.4, -0.2) is 6.18 Å². The van der Waals surface area contributed by atoms with Crippen LogP contribution in [0.1, 0.15) is 11.6 Å². The summed E-state index contributed by atoms with van der Waals surface area (Å²) in [5.41, 5.74) is 5.26. The van der Waals surface area contributed by atoms with Gasteiger partial charge in [-0.3, -0.25) is 0 Å². The Hall–Kier alpha value is -1.26. The summed E-state index contributed by atoms with van der Waals surface area (Å²) in [4.78, 5) is 0. The first kappa shape index (κ1) is 12.2. The highest BCUT2D eigenvalue weighted by Gasteiger charge is 2.38. The zero-order chi connectivity index (χ0) is 12.6. The highest BCUT2D eigenvalue weighted by atomic mass is 35.5. The third-order valence-corrected chi connectivity index (χ3v) is 2.92. The number of alkyl halides is 3. The maximum atomic E-state index is 12.6. The predicted octanol–water partition coefficient (Wildman–Crippen LogP) is 4.06. The van der Waals surface area contributed by atoms with E-state index < -0.39 is 12.2 Å². The molecule has 0 fully saturated rings. The predicted molar refractivity (Wildman–Crippen MR) is 61.9 cm³/mol. The minimum Gasteiger partial charge on any atom is -0.316 e. The molecule has 0 bridgehead atoms.